The first-order valence-electron chi connectivity index (χ1n) is 9.80. The number of rotatable bonds is 6. The second-order valence-electron chi connectivity index (χ2n) is 7.18. The Hall–Kier alpha value is -2.30. The van der Waals surface area contributed by atoms with E-state index in [-0.39, 0.29) is 4.90 Å². The summed E-state index contributed by atoms with van der Waals surface area (Å²) < 4.78 is 29.4. The predicted octanol–water partition coefficient (Wildman–Crippen LogP) is 3.73. The average molecular weight is 476 g/mol. The fourth-order valence-corrected chi connectivity index (χ4v) is 5.10. The molecular weight excluding hydrogens is 454 g/mol. The van der Waals surface area contributed by atoms with Crippen LogP contribution in [0.1, 0.15) is 11.4 Å². The average Bonchev–Trinajstić information content (AvgIpc) is 3.13. The summed E-state index contributed by atoms with van der Waals surface area (Å²) in [7, 11) is -3.52. The van der Waals surface area contributed by atoms with Crippen LogP contribution in [0.4, 0.5) is 0 Å². The summed E-state index contributed by atoms with van der Waals surface area (Å²) in [6, 6.07) is 16.2. The van der Waals surface area contributed by atoms with Crippen molar-refractivity contribution in [2.75, 3.05) is 26.2 Å². The topological polar surface area (TPSA) is 74.2 Å². The van der Waals surface area contributed by atoms with Crippen LogP contribution >= 0.6 is 23.8 Å². The monoisotopic (exact) mass is 475 g/mol. The standard InChI is InChI=1S/C21H22ClN5O2S2/c22-18-7-9-19(10-8-18)31(28,29)26-14-12-25(13-15-26)16-27-21(30)23-20(24-27)11-6-17-4-2-1-3-5-17/h1-11H,12-16H2,(H,23,24,30)/b11-6+. The quantitative estimate of drug-likeness (QED) is 0.550. The second kappa shape index (κ2) is 9.46. The highest BCUT2D eigenvalue weighted by Gasteiger charge is 2.28. The zero-order chi connectivity index (χ0) is 21.8. The molecule has 31 heavy (non-hydrogen) atoms. The Kier molecular flexibility index (Phi) is 6.68. The Morgan fingerprint density at radius 1 is 1.00 bits per heavy atom. The van der Waals surface area contributed by atoms with E-state index >= 15 is 0 Å². The van der Waals surface area contributed by atoms with E-state index < -0.39 is 10.0 Å². The summed E-state index contributed by atoms with van der Waals surface area (Å²) in [4.78, 5) is 6.79. The molecule has 1 saturated heterocycles. The number of piperazine rings is 1. The number of hydrogen-bond acceptors (Lipinski definition) is 5. The highest BCUT2D eigenvalue weighted by molar-refractivity contribution is 7.89. The summed E-state index contributed by atoms with van der Waals surface area (Å²) >= 11 is 11.2. The molecule has 4 rings (SSSR count). The summed E-state index contributed by atoms with van der Waals surface area (Å²) in [6.07, 6.45) is 3.86. The maximum Gasteiger partial charge on any atom is 0.243 e. The van der Waals surface area contributed by atoms with Crippen molar-refractivity contribution in [3.8, 4) is 0 Å². The maximum atomic E-state index is 12.8. The number of halogens is 1. The molecule has 0 radical (unpaired) electrons. The van der Waals surface area contributed by atoms with Crippen molar-refractivity contribution in [3.05, 3.63) is 75.8 Å². The molecule has 0 amide bonds. The first-order valence-corrected chi connectivity index (χ1v) is 12.0. The number of benzene rings is 2. The van der Waals surface area contributed by atoms with Crippen LogP contribution < -0.4 is 0 Å². The van der Waals surface area contributed by atoms with E-state index in [1.54, 1.807) is 28.9 Å². The van der Waals surface area contributed by atoms with Gasteiger partial charge in [-0.05, 0) is 48.1 Å². The number of hydrogen-bond donors (Lipinski definition) is 1. The van der Waals surface area contributed by atoms with Crippen LogP contribution in [0.5, 0.6) is 0 Å². The van der Waals surface area contributed by atoms with Gasteiger partial charge in [0.2, 0.25) is 14.8 Å². The van der Waals surface area contributed by atoms with Gasteiger partial charge in [0.05, 0.1) is 11.6 Å². The normalized spacial score (nSPS) is 16.2. The van der Waals surface area contributed by atoms with Gasteiger partial charge in [-0.15, -0.1) is 0 Å². The van der Waals surface area contributed by atoms with Gasteiger partial charge in [-0.2, -0.15) is 9.29 Å². The van der Waals surface area contributed by atoms with Crippen LogP contribution in [0.3, 0.4) is 0 Å². The minimum absolute atomic E-state index is 0.260. The fourth-order valence-electron chi connectivity index (χ4n) is 3.35. The molecule has 7 nitrogen and oxygen atoms in total. The van der Waals surface area contributed by atoms with Gasteiger partial charge in [0.15, 0.2) is 0 Å². The Balaban J connectivity index is 1.37. The van der Waals surface area contributed by atoms with Gasteiger partial charge in [-0.3, -0.25) is 10.00 Å². The molecule has 1 aromatic heterocycles. The molecule has 0 unspecified atom stereocenters. The van der Waals surface area contributed by atoms with E-state index in [0.29, 0.717) is 48.5 Å². The molecule has 0 bridgehead atoms. The fraction of sp³-hybridized carbons (Fsp3) is 0.238. The molecule has 1 fully saturated rings. The van der Waals surface area contributed by atoms with Crippen molar-refractivity contribution in [3.63, 3.8) is 0 Å². The van der Waals surface area contributed by atoms with Crippen LogP contribution in [0.15, 0.2) is 59.5 Å². The summed E-state index contributed by atoms with van der Waals surface area (Å²) in [5, 5.41) is 3.71. The molecule has 1 aliphatic heterocycles. The molecule has 1 N–H and O–H groups in total. The highest BCUT2D eigenvalue weighted by Crippen LogP contribution is 2.20. The van der Waals surface area contributed by atoms with Crippen molar-refractivity contribution in [1.82, 2.24) is 24.0 Å². The molecular formula is C21H22ClN5O2S2. The largest absolute Gasteiger partial charge is 0.282 e. The summed E-state index contributed by atoms with van der Waals surface area (Å²) in [6.45, 7) is 2.55. The number of nitrogens with zero attached hydrogens (tertiary/aromatic N) is 4. The van der Waals surface area contributed by atoms with Gasteiger partial charge in [-0.25, -0.2) is 13.1 Å². The van der Waals surface area contributed by atoms with Crippen molar-refractivity contribution < 1.29 is 8.42 Å². The molecule has 0 spiro atoms. The van der Waals surface area contributed by atoms with Gasteiger partial charge in [-0.1, -0.05) is 48.0 Å². The molecule has 0 aliphatic carbocycles. The maximum absolute atomic E-state index is 12.8. The molecule has 0 saturated carbocycles. The SMILES string of the molecule is O=S(=O)(c1ccc(Cl)cc1)N1CCN(Cn2[nH]c(/C=C/c3ccccc3)nc2=S)CC1. The van der Waals surface area contributed by atoms with Gasteiger partial charge in [0, 0.05) is 31.2 Å². The highest BCUT2D eigenvalue weighted by atomic mass is 35.5. The number of nitrogens with one attached hydrogen (secondary N) is 1. The molecule has 0 atom stereocenters. The van der Waals surface area contributed by atoms with E-state index in [4.69, 9.17) is 23.8 Å². The molecule has 162 valence electrons. The van der Waals surface area contributed by atoms with Gasteiger partial charge in [0.1, 0.15) is 5.82 Å². The molecule has 2 heterocycles. The molecule has 2 aromatic carbocycles. The third kappa shape index (κ3) is 5.31. The Labute approximate surface area is 191 Å². The third-order valence-corrected chi connectivity index (χ3v) is 7.53. The van der Waals surface area contributed by atoms with E-state index in [0.717, 1.165) is 5.56 Å². The van der Waals surface area contributed by atoms with Crippen LogP contribution in [0, 0.1) is 4.77 Å². The Bertz CT molecular complexity index is 1210. The number of H-pyrrole nitrogens is 1. The van der Waals surface area contributed by atoms with Crippen molar-refractivity contribution in [1.29, 1.82) is 0 Å². The van der Waals surface area contributed by atoms with Crippen molar-refractivity contribution >= 4 is 46.0 Å². The smallest absolute Gasteiger partial charge is 0.243 e. The minimum atomic E-state index is -3.52. The van der Waals surface area contributed by atoms with Crippen LogP contribution in [0.25, 0.3) is 12.2 Å². The predicted molar refractivity (Wildman–Crippen MR) is 125 cm³/mol. The molecule has 1 aliphatic rings. The number of aromatic nitrogens is 3. The second-order valence-corrected chi connectivity index (χ2v) is 9.92. The van der Waals surface area contributed by atoms with E-state index in [1.807, 2.05) is 42.5 Å². The lowest BCUT2D eigenvalue weighted by atomic mass is 10.2. The minimum Gasteiger partial charge on any atom is -0.282 e. The van der Waals surface area contributed by atoms with Crippen LogP contribution in [-0.2, 0) is 16.7 Å². The van der Waals surface area contributed by atoms with E-state index in [1.165, 1.54) is 4.31 Å². The Morgan fingerprint density at radius 2 is 1.68 bits per heavy atom. The van der Waals surface area contributed by atoms with Crippen molar-refractivity contribution in [2.24, 2.45) is 0 Å². The van der Waals surface area contributed by atoms with Crippen LogP contribution in [-0.4, -0.2) is 58.6 Å². The molecule has 10 heteroatoms. The zero-order valence-electron chi connectivity index (χ0n) is 16.7. The van der Waals surface area contributed by atoms with E-state index in [9.17, 15) is 8.42 Å². The van der Waals surface area contributed by atoms with Gasteiger partial charge < -0.3 is 0 Å². The zero-order valence-corrected chi connectivity index (χ0v) is 19.1. The lowest BCUT2D eigenvalue weighted by molar-refractivity contribution is 0.145. The third-order valence-electron chi connectivity index (χ3n) is 5.05. The Morgan fingerprint density at radius 3 is 2.35 bits per heavy atom. The van der Waals surface area contributed by atoms with Gasteiger partial charge in [0.25, 0.3) is 0 Å². The molecule has 3 aromatic rings. The lowest BCUT2D eigenvalue weighted by Crippen LogP contribution is -2.48. The summed E-state index contributed by atoms with van der Waals surface area (Å²) in [5.74, 6) is 0.679. The first-order chi connectivity index (χ1) is 14.9. The van der Waals surface area contributed by atoms with E-state index in [2.05, 4.69) is 15.0 Å². The van der Waals surface area contributed by atoms with Gasteiger partial charge >= 0.3 is 0 Å². The first kappa shape index (κ1) is 21.9. The summed E-state index contributed by atoms with van der Waals surface area (Å²) in [5.41, 5.74) is 1.08. The number of aromatic amines is 1. The lowest BCUT2D eigenvalue weighted by Gasteiger charge is -2.33. The van der Waals surface area contributed by atoms with Crippen molar-refractivity contribution in [2.45, 2.75) is 11.6 Å². The number of sulfonamides is 1. The van der Waals surface area contributed by atoms with Crippen LogP contribution in [0.2, 0.25) is 5.02 Å².